The van der Waals surface area contributed by atoms with Crippen LogP contribution in [-0.2, 0) is 9.84 Å². The number of aromatic nitrogens is 2. The number of rotatable bonds is 2. The average molecular weight is 216 g/mol. The molecule has 0 aromatic carbocycles. The van der Waals surface area contributed by atoms with Crippen molar-refractivity contribution < 1.29 is 18.3 Å². The maximum atomic E-state index is 10.9. The predicted octanol–water partition coefficient (Wildman–Crippen LogP) is -0.449. The molecule has 2 heterocycles. The van der Waals surface area contributed by atoms with Crippen molar-refractivity contribution in [2.75, 3.05) is 11.5 Å². The van der Waals surface area contributed by atoms with Gasteiger partial charge in [0.15, 0.2) is 9.84 Å². The molecule has 2 rings (SSSR count). The van der Waals surface area contributed by atoms with Crippen LogP contribution in [0.5, 0.6) is 0 Å². The molecular weight excluding hydrogens is 208 g/mol. The van der Waals surface area contributed by atoms with Crippen LogP contribution in [0.3, 0.4) is 0 Å². The molecule has 0 spiro atoms. The lowest BCUT2D eigenvalue weighted by molar-refractivity contribution is 0.0680. The van der Waals surface area contributed by atoms with E-state index in [4.69, 9.17) is 5.11 Å². The molecule has 1 N–H and O–H groups in total. The molecule has 7 heteroatoms. The molecule has 0 radical (unpaired) electrons. The Morgan fingerprint density at radius 3 is 2.71 bits per heavy atom. The van der Waals surface area contributed by atoms with Gasteiger partial charge in [0.1, 0.15) is 5.69 Å². The van der Waals surface area contributed by atoms with E-state index in [0.717, 1.165) is 0 Å². The summed E-state index contributed by atoms with van der Waals surface area (Å²) in [4.78, 5) is 10.7. The van der Waals surface area contributed by atoms with Crippen LogP contribution >= 0.6 is 0 Å². The van der Waals surface area contributed by atoms with E-state index in [1.54, 1.807) is 0 Å². The lowest BCUT2D eigenvalue weighted by Crippen LogP contribution is -2.39. The van der Waals surface area contributed by atoms with Gasteiger partial charge in [-0.2, -0.15) is 5.10 Å². The monoisotopic (exact) mass is 216 g/mol. The number of hydrogen-bond donors (Lipinski definition) is 1. The van der Waals surface area contributed by atoms with Gasteiger partial charge in [0.2, 0.25) is 0 Å². The molecule has 76 valence electrons. The molecule has 0 bridgehead atoms. The smallest absolute Gasteiger partial charge is 0.354 e. The Hall–Kier alpha value is -1.37. The van der Waals surface area contributed by atoms with Crippen LogP contribution in [0.25, 0.3) is 0 Å². The van der Waals surface area contributed by atoms with Crippen LogP contribution in [0.2, 0.25) is 0 Å². The van der Waals surface area contributed by atoms with Crippen LogP contribution in [0.1, 0.15) is 16.5 Å². The molecule has 0 aliphatic carbocycles. The lowest BCUT2D eigenvalue weighted by atomic mass is 10.3. The summed E-state index contributed by atoms with van der Waals surface area (Å²) in [6, 6.07) is 1.04. The first-order valence-electron chi connectivity index (χ1n) is 3.97. The zero-order valence-corrected chi connectivity index (χ0v) is 7.94. The third-order valence-electron chi connectivity index (χ3n) is 2.13. The van der Waals surface area contributed by atoms with E-state index >= 15 is 0 Å². The number of carbonyl (C=O) groups is 1. The molecule has 1 fully saturated rings. The first-order valence-corrected chi connectivity index (χ1v) is 5.79. The second kappa shape index (κ2) is 2.81. The molecule has 6 nitrogen and oxygen atoms in total. The summed E-state index contributed by atoms with van der Waals surface area (Å²) in [6.45, 7) is 0. The molecular formula is C7H8N2O4S. The summed E-state index contributed by atoms with van der Waals surface area (Å²) in [5.41, 5.74) is 0.0323. The minimum atomic E-state index is -2.95. The van der Waals surface area contributed by atoms with E-state index in [9.17, 15) is 13.2 Å². The van der Waals surface area contributed by atoms with Crippen LogP contribution in [0.15, 0.2) is 12.3 Å². The van der Waals surface area contributed by atoms with E-state index in [-0.39, 0.29) is 23.2 Å². The minimum absolute atomic E-state index is 0.0189. The molecule has 0 saturated carbocycles. The fourth-order valence-electron chi connectivity index (χ4n) is 1.45. The van der Waals surface area contributed by atoms with E-state index in [2.05, 4.69) is 5.10 Å². The lowest BCUT2D eigenvalue weighted by Gasteiger charge is -2.26. The number of sulfone groups is 1. The first-order chi connectivity index (χ1) is 6.49. The van der Waals surface area contributed by atoms with Crippen molar-refractivity contribution >= 4 is 15.8 Å². The molecule has 1 saturated heterocycles. The number of carboxylic acids is 1. The van der Waals surface area contributed by atoms with Crippen molar-refractivity contribution in [3.8, 4) is 0 Å². The van der Waals surface area contributed by atoms with Crippen molar-refractivity contribution in [3.05, 3.63) is 18.0 Å². The van der Waals surface area contributed by atoms with Crippen molar-refractivity contribution in [3.63, 3.8) is 0 Å². The maximum absolute atomic E-state index is 10.9. The van der Waals surface area contributed by atoms with E-state index in [0.29, 0.717) is 0 Å². The molecule has 1 aliphatic heterocycles. The van der Waals surface area contributed by atoms with Gasteiger partial charge in [0.25, 0.3) is 0 Å². The first kappa shape index (κ1) is 9.20. The van der Waals surface area contributed by atoms with Gasteiger partial charge in [-0.25, -0.2) is 13.2 Å². The van der Waals surface area contributed by atoms with E-state index < -0.39 is 15.8 Å². The molecule has 0 amide bonds. The summed E-state index contributed by atoms with van der Waals surface area (Å²) in [5.74, 6) is -1.13. The van der Waals surface area contributed by atoms with Crippen LogP contribution in [0, 0.1) is 0 Å². The topological polar surface area (TPSA) is 89.3 Å². The minimum Gasteiger partial charge on any atom is -0.477 e. The van der Waals surface area contributed by atoms with Gasteiger partial charge in [0, 0.05) is 6.20 Å². The second-order valence-electron chi connectivity index (χ2n) is 3.20. The summed E-state index contributed by atoms with van der Waals surface area (Å²) >= 11 is 0. The maximum Gasteiger partial charge on any atom is 0.354 e. The van der Waals surface area contributed by atoms with Crippen LogP contribution in [0.4, 0.5) is 0 Å². The standard InChI is InChI=1S/C7H8N2O4S/c10-7(11)6-1-2-8-9(6)5-3-14(12,13)4-5/h1-2,5H,3-4H2,(H,10,11). The van der Waals surface area contributed by atoms with Gasteiger partial charge in [-0.1, -0.05) is 0 Å². The zero-order valence-electron chi connectivity index (χ0n) is 7.12. The van der Waals surface area contributed by atoms with Crippen molar-refractivity contribution in [2.24, 2.45) is 0 Å². The van der Waals surface area contributed by atoms with Crippen LogP contribution < -0.4 is 0 Å². The Bertz CT molecular complexity index is 464. The van der Waals surface area contributed by atoms with Gasteiger partial charge >= 0.3 is 5.97 Å². The van der Waals surface area contributed by atoms with Gasteiger partial charge in [0.05, 0.1) is 17.5 Å². The predicted molar refractivity (Wildman–Crippen MR) is 46.9 cm³/mol. The Labute approximate surface area is 80.1 Å². The third-order valence-corrected chi connectivity index (χ3v) is 3.91. The Balaban J connectivity index is 2.27. The normalized spacial score (nSPS) is 20.3. The fraction of sp³-hybridized carbons (Fsp3) is 0.429. The number of aromatic carboxylic acids is 1. The summed E-state index contributed by atoms with van der Waals surface area (Å²) in [5, 5.41) is 12.5. The van der Waals surface area contributed by atoms with Gasteiger partial charge < -0.3 is 5.11 Å². The van der Waals surface area contributed by atoms with E-state index in [1.807, 2.05) is 0 Å². The van der Waals surface area contributed by atoms with E-state index in [1.165, 1.54) is 16.9 Å². The van der Waals surface area contributed by atoms with Crippen molar-refractivity contribution in [1.82, 2.24) is 9.78 Å². The van der Waals surface area contributed by atoms with Gasteiger partial charge in [-0.15, -0.1) is 0 Å². The van der Waals surface area contributed by atoms with Crippen molar-refractivity contribution in [2.45, 2.75) is 6.04 Å². The van der Waals surface area contributed by atoms with Gasteiger partial charge in [-0.05, 0) is 6.07 Å². The number of hydrogen-bond acceptors (Lipinski definition) is 4. The summed E-state index contributed by atoms with van der Waals surface area (Å²) in [6.07, 6.45) is 1.36. The third kappa shape index (κ3) is 1.39. The quantitative estimate of drug-likeness (QED) is 0.723. The Kier molecular flexibility index (Phi) is 1.84. The second-order valence-corrected chi connectivity index (χ2v) is 5.35. The fourth-order valence-corrected chi connectivity index (χ4v) is 2.81. The molecule has 1 aliphatic rings. The van der Waals surface area contributed by atoms with Crippen LogP contribution in [-0.4, -0.2) is 40.8 Å². The zero-order chi connectivity index (χ0) is 10.3. The largest absolute Gasteiger partial charge is 0.477 e. The SMILES string of the molecule is O=C(O)c1ccnn1C1CS(=O)(=O)C1. The molecule has 1 aromatic heterocycles. The van der Waals surface area contributed by atoms with Crippen molar-refractivity contribution in [1.29, 1.82) is 0 Å². The van der Waals surface area contributed by atoms with Gasteiger partial charge in [-0.3, -0.25) is 4.68 Å². The Morgan fingerprint density at radius 1 is 1.57 bits per heavy atom. The Morgan fingerprint density at radius 2 is 2.21 bits per heavy atom. The highest BCUT2D eigenvalue weighted by molar-refractivity contribution is 7.92. The number of carboxylic acid groups (broad SMARTS) is 1. The summed E-state index contributed by atoms with van der Waals surface area (Å²) in [7, 11) is -2.95. The molecule has 0 atom stereocenters. The highest BCUT2D eigenvalue weighted by Gasteiger charge is 2.36. The molecule has 14 heavy (non-hydrogen) atoms. The average Bonchev–Trinajstić information content (AvgIpc) is 2.46. The summed E-state index contributed by atoms with van der Waals surface area (Å²) < 4.78 is 23.0. The molecule has 0 unspecified atom stereocenters. The highest BCUT2D eigenvalue weighted by atomic mass is 32.2. The highest BCUT2D eigenvalue weighted by Crippen LogP contribution is 2.24. The number of nitrogens with zero attached hydrogens (tertiary/aromatic N) is 2. The molecule has 1 aromatic rings.